The monoisotopic (exact) mass is 1070 g/mol. The van der Waals surface area contributed by atoms with Crippen LogP contribution in [0.3, 0.4) is 0 Å². The lowest BCUT2D eigenvalue weighted by molar-refractivity contribution is -0.369. The molecule has 2 aliphatic rings. The lowest BCUT2D eigenvalue weighted by Crippen LogP contribution is -2.71. The van der Waals surface area contributed by atoms with Gasteiger partial charge in [-0.05, 0) is 35.4 Å². The molecule has 0 bridgehead atoms. The summed E-state index contributed by atoms with van der Waals surface area (Å²) in [5.41, 5.74) is 1.44. The number of carbonyl (C=O) groups excluding carboxylic acids is 6. The van der Waals surface area contributed by atoms with Crippen LogP contribution in [-0.4, -0.2) is 146 Å². The molecule has 1 amide bonds. The maximum Gasteiger partial charge on any atom is 0.407 e. The molecule has 2 aliphatic heterocycles. The smallest absolute Gasteiger partial charge is 0.407 e. The molecule has 2 fully saturated rings. The van der Waals surface area contributed by atoms with Crippen LogP contribution in [0.15, 0.2) is 84.9 Å². The van der Waals surface area contributed by atoms with Gasteiger partial charge in [-0.1, -0.05) is 95.5 Å². The predicted octanol–water partition coefficient (Wildman–Crippen LogP) is 4.83. The number of ether oxygens (including phenoxy) is 13. The molecule has 24 heteroatoms. The highest BCUT2D eigenvalue weighted by molar-refractivity contribution is 6.67. The summed E-state index contributed by atoms with van der Waals surface area (Å²) < 4.78 is 74.6. The van der Waals surface area contributed by atoms with E-state index in [0.717, 1.165) is 40.4 Å². The van der Waals surface area contributed by atoms with E-state index in [2.05, 4.69) is 5.32 Å². The number of benzene rings is 3. The molecule has 2 saturated heterocycles. The Kier molecular flexibility index (Phi) is 21.5. The van der Waals surface area contributed by atoms with Crippen molar-refractivity contribution in [2.45, 2.75) is 118 Å². The van der Waals surface area contributed by atoms with Crippen molar-refractivity contribution in [2.75, 3.05) is 34.0 Å². The van der Waals surface area contributed by atoms with Crippen LogP contribution in [-0.2, 0) is 89.3 Å². The third kappa shape index (κ3) is 17.1. The molecule has 394 valence electrons. The number of halogens is 3. The minimum atomic E-state index is -2.88. The largest absolute Gasteiger partial charge is 0.497 e. The van der Waals surface area contributed by atoms with Crippen molar-refractivity contribution in [3.63, 3.8) is 0 Å². The second kappa shape index (κ2) is 27.0. The number of nitrogens with one attached hydrogen (secondary N) is 1. The number of amides is 1. The van der Waals surface area contributed by atoms with Crippen molar-refractivity contribution >= 4 is 70.7 Å². The third-order valence-corrected chi connectivity index (χ3v) is 11.0. The first-order valence-corrected chi connectivity index (χ1v) is 23.3. The van der Waals surface area contributed by atoms with E-state index in [9.17, 15) is 33.9 Å². The van der Waals surface area contributed by atoms with E-state index in [0.29, 0.717) is 11.3 Å². The van der Waals surface area contributed by atoms with Crippen molar-refractivity contribution in [1.29, 1.82) is 0 Å². The Morgan fingerprint density at radius 3 is 1.94 bits per heavy atom. The summed E-state index contributed by atoms with van der Waals surface area (Å²) in [4.78, 5) is 79.1. The van der Waals surface area contributed by atoms with Gasteiger partial charge in [0.2, 0.25) is 10.1 Å². The molecule has 11 atom stereocenters. The Balaban J connectivity index is 1.70. The number of hydrogen-bond acceptors (Lipinski definition) is 20. The first kappa shape index (κ1) is 57.4. The van der Waals surface area contributed by atoms with E-state index in [4.69, 9.17) is 96.4 Å². The molecule has 72 heavy (non-hydrogen) atoms. The normalized spacial score (nSPS) is 24.8. The van der Waals surface area contributed by atoms with E-state index in [1.165, 1.54) is 7.11 Å². The molecule has 0 aromatic heterocycles. The van der Waals surface area contributed by atoms with Gasteiger partial charge in [-0.3, -0.25) is 19.2 Å². The summed E-state index contributed by atoms with van der Waals surface area (Å²) in [7, 11) is 2.45. The van der Waals surface area contributed by atoms with E-state index in [1.54, 1.807) is 54.6 Å². The van der Waals surface area contributed by atoms with E-state index >= 15 is 0 Å². The number of alkyl carbamates (subject to hydrolysis) is 1. The number of carbonyl (C=O) groups is 6. The second-order valence-electron chi connectivity index (χ2n) is 16.2. The Morgan fingerprint density at radius 2 is 1.39 bits per heavy atom. The van der Waals surface area contributed by atoms with Crippen LogP contribution in [0.5, 0.6) is 11.5 Å². The zero-order valence-corrected chi connectivity index (χ0v) is 42.2. The summed E-state index contributed by atoms with van der Waals surface area (Å²) in [5.74, 6) is -7.35. The third-order valence-electron chi connectivity index (χ3n) is 10.7. The fourth-order valence-electron chi connectivity index (χ4n) is 7.69. The summed E-state index contributed by atoms with van der Waals surface area (Å²) in [5, 5.41) is 14.9. The highest BCUT2D eigenvalue weighted by atomic mass is 35.6. The fourth-order valence-corrected chi connectivity index (χ4v) is 7.85. The molecule has 3 aromatic carbocycles. The SMILES string of the molecule is COC(=O)C1(OC2C(O)C(COCc3ccccc3)OC(Oc3ccc(OC)cc3)C2OCc2ccccc2)CC(OC(C)=O)C(NC(=O)OCC(Cl)(Cl)Cl)C(C(OC(C)=O)C(COC(C)=O)OC(C)=O)O1. The number of hydrogen-bond donors (Lipinski definition) is 2. The van der Waals surface area contributed by atoms with Gasteiger partial charge >= 0.3 is 35.9 Å². The maximum atomic E-state index is 14.7. The van der Waals surface area contributed by atoms with E-state index in [-0.39, 0.29) is 25.6 Å². The number of aliphatic hydroxyl groups is 1. The molecule has 2 N–H and O–H groups in total. The number of alkyl halides is 3. The molecular formula is C48H56Cl3NO20. The van der Waals surface area contributed by atoms with E-state index < -0.39 is 126 Å². The van der Waals surface area contributed by atoms with Gasteiger partial charge in [-0.2, -0.15) is 0 Å². The van der Waals surface area contributed by atoms with Gasteiger partial charge in [0.25, 0.3) is 5.79 Å². The molecule has 11 unspecified atom stereocenters. The quantitative estimate of drug-likeness (QED) is 0.0776. The Morgan fingerprint density at radius 1 is 0.778 bits per heavy atom. The lowest BCUT2D eigenvalue weighted by Gasteiger charge is -2.51. The molecule has 0 aliphatic carbocycles. The van der Waals surface area contributed by atoms with Gasteiger partial charge < -0.3 is 72.0 Å². The first-order chi connectivity index (χ1) is 34.2. The van der Waals surface area contributed by atoms with Crippen LogP contribution in [0.1, 0.15) is 45.2 Å². The lowest BCUT2D eigenvalue weighted by atomic mass is 9.87. The molecule has 5 rings (SSSR count). The topological polar surface area (TPSA) is 255 Å². The highest BCUT2D eigenvalue weighted by Gasteiger charge is 2.62. The van der Waals surface area contributed by atoms with Gasteiger partial charge in [0.15, 0.2) is 12.2 Å². The molecular weight excluding hydrogens is 1020 g/mol. The Bertz CT molecular complexity index is 2260. The predicted molar refractivity (Wildman–Crippen MR) is 250 cm³/mol. The van der Waals surface area contributed by atoms with Crippen LogP contribution in [0.25, 0.3) is 0 Å². The Labute approximate surface area is 429 Å². The van der Waals surface area contributed by atoms with Crippen molar-refractivity contribution in [3.8, 4) is 11.5 Å². The first-order valence-electron chi connectivity index (χ1n) is 22.2. The highest BCUT2D eigenvalue weighted by Crippen LogP contribution is 2.41. The summed E-state index contributed by atoms with van der Waals surface area (Å²) in [6.45, 7) is 2.02. The van der Waals surface area contributed by atoms with Gasteiger partial charge in [-0.25, -0.2) is 9.59 Å². The second-order valence-corrected chi connectivity index (χ2v) is 18.8. The van der Waals surface area contributed by atoms with Crippen molar-refractivity contribution < 1.29 is 95.5 Å². The number of methoxy groups -OCH3 is 2. The van der Waals surface area contributed by atoms with Crippen LogP contribution >= 0.6 is 34.8 Å². The molecule has 0 radical (unpaired) electrons. The number of rotatable bonds is 22. The minimum absolute atomic E-state index is 0.0741. The summed E-state index contributed by atoms with van der Waals surface area (Å²) in [6.07, 6.45) is -17.6. The molecule has 3 aromatic rings. The average Bonchev–Trinajstić information content (AvgIpc) is 3.33. The summed E-state index contributed by atoms with van der Waals surface area (Å²) in [6, 6.07) is 22.6. The number of aliphatic hydroxyl groups excluding tert-OH is 1. The molecule has 2 heterocycles. The van der Waals surface area contributed by atoms with Crippen LogP contribution in [0, 0.1) is 0 Å². The maximum absolute atomic E-state index is 14.7. The minimum Gasteiger partial charge on any atom is -0.497 e. The van der Waals surface area contributed by atoms with Gasteiger partial charge in [0.05, 0.1) is 46.5 Å². The van der Waals surface area contributed by atoms with Crippen molar-refractivity contribution in [3.05, 3.63) is 96.1 Å². The van der Waals surface area contributed by atoms with Crippen molar-refractivity contribution in [2.24, 2.45) is 0 Å². The molecule has 21 nitrogen and oxygen atoms in total. The van der Waals surface area contributed by atoms with Gasteiger partial charge in [0.1, 0.15) is 61.3 Å². The van der Waals surface area contributed by atoms with Crippen molar-refractivity contribution in [1.82, 2.24) is 5.32 Å². The van der Waals surface area contributed by atoms with E-state index in [1.807, 2.05) is 30.3 Å². The Hall–Kier alpha value is -5.49. The van der Waals surface area contributed by atoms with Gasteiger partial charge in [-0.15, -0.1) is 0 Å². The van der Waals surface area contributed by atoms with Crippen LogP contribution in [0.2, 0.25) is 0 Å². The molecule has 0 spiro atoms. The zero-order chi connectivity index (χ0) is 52.6. The zero-order valence-electron chi connectivity index (χ0n) is 39.9. The fraction of sp³-hybridized carbons (Fsp3) is 0.500. The van der Waals surface area contributed by atoms with Crippen LogP contribution < -0.4 is 14.8 Å². The number of esters is 5. The molecule has 0 saturated carbocycles. The van der Waals surface area contributed by atoms with Gasteiger partial charge in [0, 0.05) is 27.7 Å². The standard InChI is InChI=1S/C48H56Cl3NO20/c1-27(53)63-25-37(67-29(3)55)40(68-30(4)56)41-38(52-46(59)65-26-48(49,50)51)35(66-28(2)54)21-47(71-41,45(58)61-6)72-42-39(57)36(24-62-22-31-13-9-7-10-14-31)70-44(69-34-19-17-33(60-5)18-20-34)43(42)64-23-32-15-11-8-12-16-32/h7-20,35-44,57H,21-26H2,1-6H3,(H,52,59). The van der Waals surface area contributed by atoms with Crippen LogP contribution in [0.4, 0.5) is 4.79 Å². The summed E-state index contributed by atoms with van der Waals surface area (Å²) >= 11 is 17.6. The average molecular weight is 1070 g/mol.